The van der Waals surface area contributed by atoms with Gasteiger partial charge in [-0.25, -0.2) is 4.98 Å². The Morgan fingerprint density at radius 1 is 0.258 bits per heavy atom. The SMILES string of the molecule is c1ccc(-c2cccc(-c3nc(-c4ccccc4)nc(-n4c5ccccc5c5cc6c7ccccc7n(-c7cc(-c8ccccc8)ccc7-c7ccccc7)c6cc54)n3)c2)cc1. The van der Waals surface area contributed by atoms with Gasteiger partial charge in [0.1, 0.15) is 0 Å². The van der Waals surface area contributed by atoms with Gasteiger partial charge in [-0.15, -0.1) is 0 Å². The average molecular weight is 792 g/mol. The Bertz CT molecular complexity index is 3610. The first kappa shape index (κ1) is 35.5. The van der Waals surface area contributed by atoms with E-state index in [1.807, 2.05) is 24.3 Å². The Morgan fingerprint density at radius 3 is 1.35 bits per heavy atom. The molecule has 9 aromatic carbocycles. The predicted octanol–water partition coefficient (Wildman–Crippen LogP) is 14.4. The van der Waals surface area contributed by atoms with E-state index in [0.717, 1.165) is 77.5 Å². The van der Waals surface area contributed by atoms with Crippen LogP contribution < -0.4 is 0 Å². The van der Waals surface area contributed by atoms with Gasteiger partial charge in [-0.3, -0.25) is 4.57 Å². The number of hydrogen-bond donors (Lipinski definition) is 0. The molecular weight excluding hydrogens is 755 g/mol. The maximum atomic E-state index is 5.34. The van der Waals surface area contributed by atoms with Crippen molar-refractivity contribution in [3.05, 3.63) is 224 Å². The minimum atomic E-state index is 0.559. The van der Waals surface area contributed by atoms with Crippen molar-refractivity contribution in [2.24, 2.45) is 0 Å². The highest BCUT2D eigenvalue weighted by Gasteiger charge is 2.22. The van der Waals surface area contributed by atoms with E-state index in [0.29, 0.717) is 17.6 Å². The summed E-state index contributed by atoms with van der Waals surface area (Å²) in [7, 11) is 0. The maximum absolute atomic E-state index is 5.34. The van der Waals surface area contributed by atoms with Gasteiger partial charge in [-0.2, -0.15) is 9.97 Å². The van der Waals surface area contributed by atoms with Gasteiger partial charge in [0.15, 0.2) is 11.6 Å². The number of fused-ring (bicyclic) bond motifs is 6. The molecule has 62 heavy (non-hydrogen) atoms. The largest absolute Gasteiger partial charge is 0.309 e. The van der Waals surface area contributed by atoms with Crippen molar-refractivity contribution in [1.29, 1.82) is 0 Å². The van der Waals surface area contributed by atoms with E-state index in [1.165, 1.54) is 16.3 Å². The number of benzene rings is 9. The molecule has 0 unspecified atom stereocenters. The third-order valence-corrected chi connectivity index (χ3v) is 12.0. The van der Waals surface area contributed by atoms with Crippen LogP contribution in [-0.4, -0.2) is 24.1 Å². The molecule has 0 bridgehead atoms. The van der Waals surface area contributed by atoms with Crippen molar-refractivity contribution in [2.45, 2.75) is 0 Å². The predicted molar refractivity (Wildman–Crippen MR) is 256 cm³/mol. The van der Waals surface area contributed by atoms with E-state index >= 15 is 0 Å². The highest BCUT2D eigenvalue weighted by molar-refractivity contribution is 6.19. The van der Waals surface area contributed by atoms with Crippen LogP contribution in [0.5, 0.6) is 0 Å². The molecule has 0 amide bonds. The standard InChI is InChI=1S/C57H37N5/c1-5-18-38(19-6-1)42-26-17-27-44(34-42)56-58-55(41-24-11-4-12-25-41)59-57(60-56)62-51-31-16-14-29-47(51)49-36-48-46-28-13-15-30-50(46)61(53(48)37-54(49)62)52-35-43(39-20-7-2-8-21-39)32-33-45(52)40-22-9-3-10-23-40/h1-37H. The second kappa shape index (κ2) is 14.7. The zero-order valence-electron chi connectivity index (χ0n) is 33.6. The number of nitrogens with zero attached hydrogens (tertiary/aromatic N) is 5. The third kappa shape index (κ3) is 5.98. The normalized spacial score (nSPS) is 11.5. The van der Waals surface area contributed by atoms with Gasteiger partial charge in [0, 0.05) is 38.2 Å². The van der Waals surface area contributed by atoms with Gasteiger partial charge in [0.25, 0.3) is 0 Å². The number of aromatic nitrogens is 5. The van der Waals surface area contributed by atoms with Gasteiger partial charge in [-0.05, 0) is 64.2 Å². The number of rotatable bonds is 7. The number of hydrogen-bond acceptors (Lipinski definition) is 3. The first-order valence-electron chi connectivity index (χ1n) is 20.9. The smallest absolute Gasteiger partial charge is 0.238 e. The minimum Gasteiger partial charge on any atom is -0.309 e. The van der Waals surface area contributed by atoms with Crippen LogP contribution in [0.4, 0.5) is 0 Å². The lowest BCUT2D eigenvalue weighted by molar-refractivity contribution is 0.953. The third-order valence-electron chi connectivity index (χ3n) is 12.0. The maximum Gasteiger partial charge on any atom is 0.238 e. The Kier molecular flexibility index (Phi) is 8.42. The minimum absolute atomic E-state index is 0.559. The van der Waals surface area contributed by atoms with E-state index in [2.05, 4.69) is 209 Å². The Morgan fingerprint density at radius 2 is 0.726 bits per heavy atom. The molecule has 12 rings (SSSR count). The Hall–Kier alpha value is -8.41. The second-order valence-electron chi connectivity index (χ2n) is 15.7. The molecule has 0 spiro atoms. The van der Waals surface area contributed by atoms with Crippen molar-refractivity contribution in [3.63, 3.8) is 0 Å². The highest BCUT2D eigenvalue weighted by atomic mass is 15.2. The molecule has 0 aliphatic carbocycles. The molecule has 3 heterocycles. The van der Waals surface area contributed by atoms with E-state index in [4.69, 9.17) is 15.0 Å². The molecule has 5 nitrogen and oxygen atoms in total. The quantitative estimate of drug-likeness (QED) is 0.162. The summed E-state index contributed by atoms with van der Waals surface area (Å²) >= 11 is 0. The molecule has 0 aliphatic heterocycles. The lowest BCUT2D eigenvalue weighted by Crippen LogP contribution is -2.06. The van der Waals surface area contributed by atoms with Crippen LogP contribution in [0.1, 0.15) is 0 Å². The molecule has 290 valence electrons. The summed E-state index contributed by atoms with van der Waals surface area (Å²) in [6.07, 6.45) is 0. The number of para-hydroxylation sites is 2. The van der Waals surface area contributed by atoms with Crippen LogP contribution in [0.3, 0.4) is 0 Å². The second-order valence-corrected chi connectivity index (χ2v) is 15.7. The fraction of sp³-hybridized carbons (Fsp3) is 0. The first-order valence-corrected chi connectivity index (χ1v) is 20.9. The van der Waals surface area contributed by atoms with Gasteiger partial charge < -0.3 is 4.57 Å². The van der Waals surface area contributed by atoms with E-state index < -0.39 is 0 Å². The van der Waals surface area contributed by atoms with Crippen LogP contribution in [-0.2, 0) is 0 Å². The topological polar surface area (TPSA) is 48.5 Å². The summed E-state index contributed by atoms with van der Waals surface area (Å²) in [5, 5.41) is 4.63. The highest BCUT2D eigenvalue weighted by Crippen LogP contribution is 2.42. The van der Waals surface area contributed by atoms with E-state index in [9.17, 15) is 0 Å². The first-order chi connectivity index (χ1) is 30.7. The molecule has 0 saturated carbocycles. The summed E-state index contributed by atoms with van der Waals surface area (Å²) in [6, 6.07) is 79.4. The zero-order chi connectivity index (χ0) is 41.0. The molecule has 12 aromatic rings. The summed E-state index contributed by atoms with van der Waals surface area (Å²) in [6.45, 7) is 0. The summed E-state index contributed by atoms with van der Waals surface area (Å²) < 4.78 is 4.67. The molecule has 3 aromatic heterocycles. The molecular formula is C57H37N5. The summed E-state index contributed by atoms with van der Waals surface area (Å²) in [5.41, 5.74) is 14.1. The lowest BCUT2D eigenvalue weighted by Gasteiger charge is -2.16. The molecule has 0 atom stereocenters. The van der Waals surface area contributed by atoms with Crippen LogP contribution >= 0.6 is 0 Å². The van der Waals surface area contributed by atoms with Gasteiger partial charge in [0.05, 0.1) is 27.8 Å². The van der Waals surface area contributed by atoms with Crippen LogP contribution in [0.2, 0.25) is 0 Å². The molecule has 0 saturated heterocycles. The van der Waals surface area contributed by atoms with Crippen molar-refractivity contribution in [2.75, 3.05) is 0 Å². The van der Waals surface area contributed by atoms with Crippen LogP contribution in [0.25, 0.3) is 111 Å². The van der Waals surface area contributed by atoms with Gasteiger partial charge >= 0.3 is 0 Å². The van der Waals surface area contributed by atoms with Crippen molar-refractivity contribution in [3.8, 4) is 67.8 Å². The van der Waals surface area contributed by atoms with Crippen molar-refractivity contribution in [1.82, 2.24) is 24.1 Å². The van der Waals surface area contributed by atoms with Crippen molar-refractivity contribution >= 4 is 43.6 Å². The average Bonchev–Trinajstić information content (AvgIpc) is 3.86. The van der Waals surface area contributed by atoms with E-state index in [-0.39, 0.29) is 0 Å². The monoisotopic (exact) mass is 791 g/mol. The Labute approximate surface area is 358 Å². The van der Waals surface area contributed by atoms with Crippen LogP contribution in [0, 0.1) is 0 Å². The van der Waals surface area contributed by atoms with Gasteiger partial charge in [-0.1, -0.05) is 188 Å². The molecule has 0 N–H and O–H groups in total. The van der Waals surface area contributed by atoms with E-state index in [1.54, 1.807) is 0 Å². The van der Waals surface area contributed by atoms with Gasteiger partial charge in [0.2, 0.25) is 5.95 Å². The zero-order valence-corrected chi connectivity index (χ0v) is 33.6. The summed E-state index contributed by atoms with van der Waals surface area (Å²) in [5.74, 6) is 1.78. The fourth-order valence-corrected chi connectivity index (χ4v) is 9.07. The lowest BCUT2D eigenvalue weighted by atomic mass is 9.98. The Balaban J connectivity index is 1.16. The molecule has 0 aliphatic rings. The molecule has 0 fully saturated rings. The fourth-order valence-electron chi connectivity index (χ4n) is 9.07. The summed E-state index contributed by atoms with van der Waals surface area (Å²) in [4.78, 5) is 15.8. The van der Waals surface area contributed by atoms with Crippen molar-refractivity contribution < 1.29 is 0 Å². The van der Waals surface area contributed by atoms with Crippen LogP contribution in [0.15, 0.2) is 224 Å². The molecule has 5 heteroatoms. The molecule has 0 radical (unpaired) electrons.